The Morgan fingerprint density at radius 2 is 2.00 bits per heavy atom. The lowest BCUT2D eigenvalue weighted by Gasteiger charge is -2.23. The lowest BCUT2D eigenvalue weighted by atomic mass is 9.93. The number of carbonyl (C=O) groups is 1. The maximum Gasteiger partial charge on any atom is 0.317 e. The van der Waals surface area contributed by atoms with Gasteiger partial charge in [0.15, 0.2) is 0 Å². The standard InChI is InChI=1S/C11H14N2O2/c1-11(7-13(2)10(15)12-11)8-3-5-9(14)6-4-8/h3-6,14H,7H2,1-2H3,(H,12,15). The fraction of sp³-hybridized carbons (Fsp3) is 0.364. The van der Waals surface area contributed by atoms with Crippen LogP contribution in [0.5, 0.6) is 5.75 Å². The third-order valence-electron chi connectivity index (χ3n) is 2.79. The van der Waals surface area contributed by atoms with Crippen molar-refractivity contribution in [3.05, 3.63) is 29.8 Å². The maximum absolute atomic E-state index is 11.4. The molecule has 1 saturated heterocycles. The summed E-state index contributed by atoms with van der Waals surface area (Å²) < 4.78 is 0. The fourth-order valence-electron chi connectivity index (χ4n) is 1.91. The van der Waals surface area contributed by atoms with Crippen LogP contribution >= 0.6 is 0 Å². The molecule has 0 spiro atoms. The number of phenolic OH excluding ortho intramolecular Hbond substituents is 1. The Bertz CT molecular complexity index is 388. The Kier molecular flexibility index (Phi) is 2.07. The molecule has 0 bridgehead atoms. The van der Waals surface area contributed by atoms with Gasteiger partial charge in [-0.2, -0.15) is 0 Å². The largest absolute Gasteiger partial charge is 0.508 e. The van der Waals surface area contributed by atoms with Crippen molar-refractivity contribution in [2.24, 2.45) is 0 Å². The van der Waals surface area contributed by atoms with Gasteiger partial charge in [-0.15, -0.1) is 0 Å². The van der Waals surface area contributed by atoms with E-state index in [0.29, 0.717) is 6.54 Å². The van der Waals surface area contributed by atoms with E-state index in [4.69, 9.17) is 0 Å². The van der Waals surface area contributed by atoms with E-state index in [1.165, 1.54) is 0 Å². The summed E-state index contributed by atoms with van der Waals surface area (Å²) in [5.41, 5.74) is 0.637. The highest BCUT2D eigenvalue weighted by molar-refractivity contribution is 5.78. The first kappa shape index (κ1) is 9.83. The second kappa shape index (κ2) is 3.15. The normalized spacial score (nSPS) is 25.5. The van der Waals surface area contributed by atoms with Gasteiger partial charge in [0.1, 0.15) is 5.75 Å². The molecule has 0 aliphatic carbocycles. The van der Waals surface area contributed by atoms with Crippen LogP contribution in [-0.4, -0.2) is 29.6 Å². The zero-order chi connectivity index (χ0) is 11.1. The molecule has 2 rings (SSSR count). The molecule has 0 aromatic heterocycles. The number of rotatable bonds is 1. The van der Waals surface area contributed by atoms with Crippen LogP contribution in [-0.2, 0) is 5.54 Å². The second-order valence-electron chi connectivity index (χ2n) is 4.17. The summed E-state index contributed by atoms with van der Waals surface area (Å²) in [7, 11) is 1.76. The number of amides is 2. The maximum atomic E-state index is 11.4. The van der Waals surface area contributed by atoms with Crippen molar-refractivity contribution < 1.29 is 9.90 Å². The first-order chi connectivity index (χ1) is 7.01. The van der Waals surface area contributed by atoms with Crippen molar-refractivity contribution in [1.29, 1.82) is 0 Å². The zero-order valence-corrected chi connectivity index (χ0v) is 8.82. The number of hydrogen-bond donors (Lipinski definition) is 2. The average Bonchev–Trinajstić information content (AvgIpc) is 2.43. The van der Waals surface area contributed by atoms with Crippen LogP contribution in [0.2, 0.25) is 0 Å². The van der Waals surface area contributed by atoms with Crippen LogP contribution in [0.1, 0.15) is 12.5 Å². The Morgan fingerprint density at radius 3 is 2.47 bits per heavy atom. The number of benzene rings is 1. The van der Waals surface area contributed by atoms with Gasteiger partial charge in [-0.05, 0) is 24.6 Å². The van der Waals surface area contributed by atoms with Gasteiger partial charge in [0.25, 0.3) is 0 Å². The number of phenols is 1. The summed E-state index contributed by atoms with van der Waals surface area (Å²) in [6.45, 7) is 2.61. The molecule has 15 heavy (non-hydrogen) atoms. The number of nitrogens with zero attached hydrogens (tertiary/aromatic N) is 1. The van der Waals surface area contributed by atoms with Gasteiger partial charge < -0.3 is 15.3 Å². The summed E-state index contributed by atoms with van der Waals surface area (Å²) >= 11 is 0. The topological polar surface area (TPSA) is 52.6 Å². The molecular formula is C11H14N2O2. The van der Waals surface area contributed by atoms with Crippen molar-refractivity contribution in [2.75, 3.05) is 13.6 Å². The number of likely N-dealkylation sites (N-methyl/N-ethyl adjacent to an activating group) is 1. The van der Waals surface area contributed by atoms with E-state index < -0.39 is 0 Å². The van der Waals surface area contributed by atoms with Crippen molar-refractivity contribution >= 4 is 6.03 Å². The highest BCUT2D eigenvalue weighted by Gasteiger charge is 2.37. The first-order valence-corrected chi connectivity index (χ1v) is 4.84. The average molecular weight is 206 g/mol. The van der Waals surface area contributed by atoms with E-state index in [1.807, 2.05) is 19.1 Å². The lowest BCUT2D eigenvalue weighted by Crippen LogP contribution is -2.37. The molecular weight excluding hydrogens is 192 g/mol. The van der Waals surface area contributed by atoms with E-state index >= 15 is 0 Å². The molecule has 1 atom stereocenters. The minimum Gasteiger partial charge on any atom is -0.508 e. The Labute approximate surface area is 88.5 Å². The third-order valence-corrected chi connectivity index (χ3v) is 2.79. The van der Waals surface area contributed by atoms with Crippen molar-refractivity contribution in [3.63, 3.8) is 0 Å². The minimum atomic E-state index is -0.362. The summed E-state index contributed by atoms with van der Waals surface area (Å²) in [6, 6.07) is 6.85. The first-order valence-electron chi connectivity index (χ1n) is 4.84. The fourth-order valence-corrected chi connectivity index (χ4v) is 1.91. The molecule has 4 nitrogen and oxygen atoms in total. The lowest BCUT2D eigenvalue weighted by molar-refractivity contribution is 0.226. The van der Waals surface area contributed by atoms with E-state index in [-0.39, 0.29) is 17.3 Å². The van der Waals surface area contributed by atoms with Gasteiger partial charge in [-0.25, -0.2) is 4.79 Å². The summed E-state index contributed by atoms with van der Waals surface area (Å²) in [5.74, 6) is 0.236. The predicted molar refractivity (Wildman–Crippen MR) is 56.6 cm³/mol. The zero-order valence-electron chi connectivity index (χ0n) is 8.82. The van der Waals surface area contributed by atoms with Crippen LogP contribution in [0.15, 0.2) is 24.3 Å². The molecule has 0 radical (unpaired) electrons. The van der Waals surface area contributed by atoms with Gasteiger partial charge in [-0.3, -0.25) is 0 Å². The minimum absolute atomic E-state index is 0.0643. The van der Waals surface area contributed by atoms with Gasteiger partial charge in [0.2, 0.25) is 0 Å². The SMILES string of the molecule is CN1CC(C)(c2ccc(O)cc2)NC1=O. The van der Waals surface area contributed by atoms with Crippen LogP contribution in [0.3, 0.4) is 0 Å². The molecule has 1 unspecified atom stereocenters. The van der Waals surface area contributed by atoms with Crippen molar-refractivity contribution in [1.82, 2.24) is 10.2 Å². The summed E-state index contributed by atoms with van der Waals surface area (Å²) in [5, 5.41) is 12.1. The van der Waals surface area contributed by atoms with Crippen molar-refractivity contribution in [3.8, 4) is 5.75 Å². The van der Waals surface area contributed by atoms with Crippen molar-refractivity contribution in [2.45, 2.75) is 12.5 Å². The molecule has 1 aromatic carbocycles. The molecule has 4 heteroatoms. The summed E-state index contributed by atoms with van der Waals surface area (Å²) in [6.07, 6.45) is 0. The highest BCUT2D eigenvalue weighted by atomic mass is 16.3. The predicted octanol–water partition coefficient (Wildman–Crippen LogP) is 1.26. The van der Waals surface area contributed by atoms with E-state index in [0.717, 1.165) is 5.56 Å². The Morgan fingerprint density at radius 1 is 1.40 bits per heavy atom. The number of urea groups is 1. The second-order valence-corrected chi connectivity index (χ2v) is 4.17. The van der Waals surface area contributed by atoms with Crippen LogP contribution in [0, 0.1) is 0 Å². The summed E-state index contributed by atoms with van der Waals surface area (Å²) in [4.78, 5) is 13.0. The number of hydrogen-bond acceptors (Lipinski definition) is 2. The highest BCUT2D eigenvalue weighted by Crippen LogP contribution is 2.27. The third kappa shape index (κ3) is 1.63. The van der Waals surface area contributed by atoms with Gasteiger partial charge in [-0.1, -0.05) is 12.1 Å². The van der Waals surface area contributed by atoms with E-state index in [2.05, 4.69) is 5.32 Å². The molecule has 2 amide bonds. The van der Waals surface area contributed by atoms with Gasteiger partial charge in [0.05, 0.1) is 5.54 Å². The van der Waals surface area contributed by atoms with Crippen LogP contribution in [0.25, 0.3) is 0 Å². The van der Waals surface area contributed by atoms with Gasteiger partial charge in [0, 0.05) is 13.6 Å². The number of nitrogens with one attached hydrogen (secondary N) is 1. The molecule has 1 heterocycles. The molecule has 2 N–H and O–H groups in total. The smallest absolute Gasteiger partial charge is 0.317 e. The number of carbonyl (C=O) groups excluding carboxylic acids is 1. The molecule has 0 saturated carbocycles. The quantitative estimate of drug-likeness (QED) is 0.726. The van der Waals surface area contributed by atoms with E-state index in [9.17, 15) is 9.90 Å². The van der Waals surface area contributed by atoms with Crippen LogP contribution < -0.4 is 5.32 Å². The Hall–Kier alpha value is -1.71. The van der Waals surface area contributed by atoms with Gasteiger partial charge >= 0.3 is 6.03 Å². The molecule has 80 valence electrons. The molecule has 1 fully saturated rings. The molecule has 1 aromatic rings. The monoisotopic (exact) mass is 206 g/mol. The Balaban J connectivity index is 2.31. The molecule has 1 aliphatic rings. The van der Waals surface area contributed by atoms with Crippen LogP contribution in [0.4, 0.5) is 4.79 Å². The number of aromatic hydroxyl groups is 1. The molecule has 1 aliphatic heterocycles. The van der Waals surface area contributed by atoms with E-state index in [1.54, 1.807) is 24.1 Å².